The van der Waals surface area contributed by atoms with Gasteiger partial charge in [0.1, 0.15) is 5.69 Å². The van der Waals surface area contributed by atoms with Crippen LogP contribution in [0.15, 0.2) is 59.2 Å². The Balaban J connectivity index is 1.88. The van der Waals surface area contributed by atoms with Gasteiger partial charge < -0.3 is 0 Å². The highest BCUT2D eigenvalue weighted by Crippen LogP contribution is 2.30. The number of hydrogen-bond donors (Lipinski definition) is 1. The molecule has 27 heavy (non-hydrogen) atoms. The lowest BCUT2D eigenvalue weighted by molar-refractivity contribution is -0.393. The van der Waals surface area contributed by atoms with E-state index >= 15 is 0 Å². The van der Waals surface area contributed by atoms with Crippen LogP contribution in [-0.2, 0) is 0 Å². The Labute approximate surface area is 155 Å². The second kappa shape index (κ2) is 8.22. The number of anilines is 1. The van der Waals surface area contributed by atoms with Gasteiger partial charge in [-0.15, -0.1) is 0 Å². The molecule has 0 amide bonds. The molecule has 3 rings (SSSR count). The van der Waals surface area contributed by atoms with Gasteiger partial charge in [-0.3, -0.25) is 25.7 Å². The van der Waals surface area contributed by atoms with E-state index in [-0.39, 0.29) is 17.1 Å². The molecule has 0 heterocycles. The predicted molar refractivity (Wildman–Crippen MR) is 104 cm³/mol. The van der Waals surface area contributed by atoms with Crippen molar-refractivity contribution in [1.29, 1.82) is 0 Å². The van der Waals surface area contributed by atoms with Crippen LogP contribution in [0.5, 0.6) is 0 Å². The van der Waals surface area contributed by atoms with E-state index in [1.807, 2.05) is 30.3 Å². The van der Waals surface area contributed by atoms with Crippen molar-refractivity contribution in [2.24, 2.45) is 5.10 Å². The second-order valence-corrected chi connectivity index (χ2v) is 6.17. The fourth-order valence-corrected chi connectivity index (χ4v) is 2.95. The van der Waals surface area contributed by atoms with E-state index in [0.717, 1.165) is 48.6 Å². The van der Waals surface area contributed by atoms with Gasteiger partial charge in [-0.1, -0.05) is 30.3 Å². The summed E-state index contributed by atoms with van der Waals surface area (Å²) >= 11 is 0. The van der Waals surface area contributed by atoms with Crippen molar-refractivity contribution in [2.75, 3.05) is 5.43 Å². The number of hydrazone groups is 1. The van der Waals surface area contributed by atoms with Gasteiger partial charge in [0.2, 0.25) is 0 Å². The van der Waals surface area contributed by atoms with Crippen molar-refractivity contribution in [3.05, 3.63) is 79.9 Å². The number of allylic oxidation sites excluding steroid dienone is 1. The van der Waals surface area contributed by atoms with Crippen LogP contribution < -0.4 is 5.43 Å². The zero-order valence-electron chi connectivity index (χ0n) is 14.5. The molecule has 1 aliphatic carbocycles. The second-order valence-electron chi connectivity index (χ2n) is 6.17. The summed E-state index contributed by atoms with van der Waals surface area (Å²) in [6.45, 7) is 0. The van der Waals surface area contributed by atoms with Crippen LogP contribution >= 0.6 is 0 Å². The van der Waals surface area contributed by atoms with Crippen LogP contribution in [0, 0.1) is 20.2 Å². The summed E-state index contributed by atoms with van der Waals surface area (Å²) in [6, 6.07) is 13.4. The van der Waals surface area contributed by atoms with Crippen LogP contribution in [0.2, 0.25) is 0 Å². The Bertz CT molecular complexity index is 923. The summed E-state index contributed by atoms with van der Waals surface area (Å²) in [4.78, 5) is 20.8. The Hall–Kier alpha value is -3.55. The molecular formula is C19H18N4O4. The molecule has 0 aromatic heterocycles. The highest BCUT2D eigenvalue weighted by atomic mass is 16.6. The van der Waals surface area contributed by atoms with Gasteiger partial charge in [0.25, 0.3) is 5.69 Å². The van der Waals surface area contributed by atoms with Crippen molar-refractivity contribution < 1.29 is 9.85 Å². The molecule has 0 unspecified atom stereocenters. The molecule has 0 aliphatic heterocycles. The summed E-state index contributed by atoms with van der Waals surface area (Å²) in [6.07, 6.45) is 5.79. The van der Waals surface area contributed by atoms with Gasteiger partial charge in [0.15, 0.2) is 0 Å². The topological polar surface area (TPSA) is 111 Å². The third-order valence-corrected chi connectivity index (χ3v) is 4.32. The van der Waals surface area contributed by atoms with Crippen molar-refractivity contribution in [1.82, 2.24) is 0 Å². The Morgan fingerprint density at radius 2 is 1.70 bits per heavy atom. The van der Waals surface area contributed by atoms with Crippen LogP contribution in [0.4, 0.5) is 17.1 Å². The van der Waals surface area contributed by atoms with E-state index in [1.165, 1.54) is 12.1 Å². The van der Waals surface area contributed by atoms with Gasteiger partial charge >= 0.3 is 5.69 Å². The monoisotopic (exact) mass is 366 g/mol. The number of nitrogens with zero attached hydrogens (tertiary/aromatic N) is 3. The molecule has 0 saturated heterocycles. The van der Waals surface area contributed by atoms with E-state index in [1.54, 1.807) is 0 Å². The van der Waals surface area contributed by atoms with E-state index in [4.69, 9.17) is 0 Å². The number of nitrogens with one attached hydrogen (secondary N) is 1. The van der Waals surface area contributed by atoms with Gasteiger partial charge in [-0.05, 0) is 49.0 Å². The Kier molecular flexibility index (Phi) is 5.55. The average Bonchev–Trinajstić information content (AvgIpc) is 2.68. The Morgan fingerprint density at radius 1 is 0.963 bits per heavy atom. The molecule has 0 radical (unpaired) electrons. The lowest BCUT2D eigenvalue weighted by atomic mass is 9.91. The third kappa shape index (κ3) is 4.55. The molecule has 138 valence electrons. The zero-order chi connectivity index (χ0) is 19.2. The maximum atomic E-state index is 11.2. The fourth-order valence-electron chi connectivity index (χ4n) is 2.95. The highest BCUT2D eigenvalue weighted by Gasteiger charge is 2.20. The minimum atomic E-state index is -0.662. The van der Waals surface area contributed by atoms with E-state index < -0.39 is 9.85 Å². The molecule has 1 fully saturated rings. The number of non-ortho nitro benzene ring substituents is 1. The molecule has 1 N–H and O–H groups in total. The summed E-state index contributed by atoms with van der Waals surface area (Å²) in [5, 5.41) is 26.4. The van der Waals surface area contributed by atoms with Gasteiger partial charge in [-0.25, -0.2) is 0 Å². The molecule has 8 heteroatoms. The van der Waals surface area contributed by atoms with Gasteiger partial charge in [-0.2, -0.15) is 5.10 Å². The number of nitro benzene ring substituents is 2. The van der Waals surface area contributed by atoms with Gasteiger partial charge in [0.05, 0.1) is 21.6 Å². The number of hydrogen-bond acceptors (Lipinski definition) is 6. The summed E-state index contributed by atoms with van der Waals surface area (Å²) < 4.78 is 0. The standard InChI is InChI=1S/C19H18N4O4/c24-22(25)16-10-11-18(19(13-16)23(26)27)21-20-17-9-5-4-8-15(17)12-14-6-2-1-3-7-14/h1-3,6-7,10-13,21H,4-5,8-9H2/b15-12-,20-17-. The summed E-state index contributed by atoms with van der Waals surface area (Å²) in [5.41, 5.74) is 5.15. The molecule has 0 bridgehead atoms. The first kappa shape index (κ1) is 18.2. The van der Waals surface area contributed by atoms with Crippen LogP contribution in [0.25, 0.3) is 6.08 Å². The van der Waals surface area contributed by atoms with Crippen LogP contribution in [0.3, 0.4) is 0 Å². The normalized spacial score (nSPS) is 17.0. The van der Waals surface area contributed by atoms with Crippen molar-refractivity contribution in [2.45, 2.75) is 25.7 Å². The molecule has 1 aliphatic rings. The van der Waals surface area contributed by atoms with Gasteiger partial charge in [0, 0.05) is 6.07 Å². The van der Waals surface area contributed by atoms with E-state index in [9.17, 15) is 20.2 Å². The van der Waals surface area contributed by atoms with Crippen LogP contribution in [0.1, 0.15) is 31.2 Å². The first-order chi connectivity index (χ1) is 13.0. The zero-order valence-corrected chi connectivity index (χ0v) is 14.5. The lowest BCUT2D eigenvalue weighted by Gasteiger charge is -2.17. The van der Waals surface area contributed by atoms with Crippen molar-refractivity contribution >= 4 is 28.8 Å². The van der Waals surface area contributed by atoms with Crippen molar-refractivity contribution in [3.63, 3.8) is 0 Å². The first-order valence-electron chi connectivity index (χ1n) is 8.56. The Morgan fingerprint density at radius 3 is 2.41 bits per heavy atom. The quantitative estimate of drug-likeness (QED) is 0.596. The van der Waals surface area contributed by atoms with Crippen molar-refractivity contribution in [3.8, 4) is 0 Å². The molecule has 0 atom stereocenters. The molecular weight excluding hydrogens is 348 g/mol. The van der Waals surface area contributed by atoms with Crippen LogP contribution in [-0.4, -0.2) is 15.6 Å². The molecule has 8 nitrogen and oxygen atoms in total. The summed E-state index contributed by atoms with van der Waals surface area (Å²) in [7, 11) is 0. The summed E-state index contributed by atoms with van der Waals surface area (Å²) in [5.74, 6) is 0. The number of rotatable bonds is 5. The first-order valence-corrected chi connectivity index (χ1v) is 8.56. The third-order valence-electron chi connectivity index (χ3n) is 4.32. The highest BCUT2D eigenvalue weighted by molar-refractivity contribution is 6.04. The number of nitro groups is 2. The lowest BCUT2D eigenvalue weighted by Crippen LogP contribution is -2.11. The maximum absolute atomic E-state index is 11.2. The minimum absolute atomic E-state index is 0.128. The van der Waals surface area contributed by atoms with E-state index in [2.05, 4.69) is 16.6 Å². The fraction of sp³-hybridized carbons (Fsp3) is 0.211. The SMILES string of the molecule is O=[N+]([O-])c1ccc(N/N=C2/CCCC/C2=C/c2ccccc2)c([N+](=O)[O-])c1. The predicted octanol–water partition coefficient (Wildman–Crippen LogP) is 4.93. The largest absolute Gasteiger partial charge is 0.301 e. The molecule has 2 aromatic carbocycles. The molecule has 2 aromatic rings. The number of benzene rings is 2. The minimum Gasteiger partial charge on any atom is -0.271 e. The maximum Gasteiger partial charge on any atom is 0.301 e. The molecule has 1 saturated carbocycles. The average molecular weight is 366 g/mol. The smallest absolute Gasteiger partial charge is 0.271 e. The van der Waals surface area contributed by atoms with E-state index in [0.29, 0.717) is 0 Å². The molecule has 0 spiro atoms.